The van der Waals surface area contributed by atoms with Gasteiger partial charge in [0.15, 0.2) is 5.96 Å². The highest BCUT2D eigenvalue weighted by Crippen LogP contribution is 2.43. The SMILES string of the molecule is CN=C(NCCNC(=O)c1cccc(C)c1)N1CCC2(CCCCC2)C1. The number of guanidine groups is 1. The third-order valence-electron chi connectivity index (χ3n) is 5.84. The molecule has 0 atom stereocenters. The molecule has 2 N–H and O–H groups in total. The standard InChI is InChI=1S/C21H32N4O/c1-17-7-6-8-18(15-17)19(26)23-12-13-24-20(22-2)25-14-11-21(16-25)9-4-3-5-10-21/h6-8,15H,3-5,9-14,16H2,1-2H3,(H,22,24)(H,23,26). The predicted molar refractivity (Wildman–Crippen MR) is 107 cm³/mol. The van der Waals surface area contributed by atoms with Gasteiger partial charge in [-0.2, -0.15) is 0 Å². The van der Waals surface area contributed by atoms with Crippen LogP contribution < -0.4 is 10.6 Å². The number of carbonyl (C=O) groups is 1. The second-order valence-corrected chi connectivity index (χ2v) is 7.83. The molecule has 1 amide bonds. The van der Waals surface area contributed by atoms with Crippen LogP contribution in [0.15, 0.2) is 29.3 Å². The highest BCUT2D eigenvalue weighted by molar-refractivity contribution is 5.94. The van der Waals surface area contributed by atoms with Crippen molar-refractivity contribution in [2.24, 2.45) is 10.4 Å². The van der Waals surface area contributed by atoms with E-state index in [0.717, 1.165) is 24.6 Å². The summed E-state index contributed by atoms with van der Waals surface area (Å²) < 4.78 is 0. The van der Waals surface area contributed by atoms with Crippen LogP contribution in [0.25, 0.3) is 0 Å². The van der Waals surface area contributed by atoms with Crippen molar-refractivity contribution in [3.8, 4) is 0 Å². The number of hydrogen-bond acceptors (Lipinski definition) is 2. The lowest BCUT2D eigenvalue weighted by Gasteiger charge is -2.33. The highest BCUT2D eigenvalue weighted by Gasteiger charge is 2.39. The Bertz CT molecular complexity index is 649. The van der Waals surface area contributed by atoms with E-state index >= 15 is 0 Å². The minimum absolute atomic E-state index is 0.0205. The van der Waals surface area contributed by atoms with Gasteiger partial charge in [0.1, 0.15) is 0 Å². The fraction of sp³-hybridized carbons (Fsp3) is 0.619. The molecule has 1 aromatic carbocycles. The first kappa shape index (κ1) is 18.7. The van der Waals surface area contributed by atoms with Crippen molar-refractivity contribution in [3.63, 3.8) is 0 Å². The summed E-state index contributed by atoms with van der Waals surface area (Å²) in [6.45, 7) is 5.49. The highest BCUT2D eigenvalue weighted by atomic mass is 16.1. The quantitative estimate of drug-likeness (QED) is 0.495. The summed E-state index contributed by atoms with van der Waals surface area (Å²) in [5, 5.41) is 6.39. The topological polar surface area (TPSA) is 56.7 Å². The van der Waals surface area contributed by atoms with Crippen LogP contribution >= 0.6 is 0 Å². The van der Waals surface area contributed by atoms with Crippen molar-refractivity contribution in [2.45, 2.75) is 45.4 Å². The lowest BCUT2D eigenvalue weighted by atomic mass is 9.73. The zero-order chi connectivity index (χ0) is 18.4. The molecule has 142 valence electrons. The van der Waals surface area contributed by atoms with Crippen LogP contribution in [0, 0.1) is 12.3 Å². The van der Waals surface area contributed by atoms with Crippen LogP contribution in [0.1, 0.15) is 54.4 Å². The molecule has 1 saturated carbocycles. The van der Waals surface area contributed by atoms with E-state index in [1.807, 2.05) is 38.2 Å². The molecular formula is C21H32N4O. The second kappa shape index (κ2) is 8.56. The van der Waals surface area contributed by atoms with Crippen LogP contribution in [0.3, 0.4) is 0 Å². The van der Waals surface area contributed by atoms with Gasteiger partial charge < -0.3 is 15.5 Å². The van der Waals surface area contributed by atoms with Crippen LogP contribution in [-0.2, 0) is 0 Å². The van der Waals surface area contributed by atoms with Crippen molar-refractivity contribution < 1.29 is 4.79 Å². The predicted octanol–water partition coefficient (Wildman–Crippen LogP) is 2.96. The average molecular weight is 357 g/mol. The summed E-state index contributed by atoms with van der Waals surface area (Å²) in [6, 6.07) is 7.67. The van der Waals surface area contributed by atoms with Crippen LogP contribution in [0.2, 0.25) is 0 Å². The van der Waals surface area contributed by atoms with Gasteiger partial charge in [0, 0.05) is 38.8 Å². The minimum atomic E-state index is -0.0205. The van der Waals surface area contributed by atoms with Crippen LogP contribution in [-0.4, -0.2) is 50.0 Å². The molecule has 1 saturated heterocycles. The summed E-state index contributed by atoms with van der Waals surface area (Å²) in [7, 11) is 1.85. The molecule has 0 bridgehead atoms. The molecule has 26 heavy (non-hydrogen) atoms. The van der Waals surface area contributed by atoms with Gasteiger partial charge in [-0.3, -0.25) is 9.79 Å². The molecule has 1 aliphatic carbocycles. The monoisotopic (exact) mass is 356 g/mol. The van der Waals surface area contributed by atoms with E-state index in [1.54, 1.807) is 0 Å². The third-order valence-corrected chi connectivity index (χ3v) is 5.84. The van der Waals surface area contributed by atoms with Gasteiger partial charge in [-0.05, 0) is 43.7 Å². The number of amides is 1. The Morgan fingerprint density at radius 1 is 1.15 bits per heavy atom. The van der Waals surface area contributed by atoms with E-state index < -0.39 is 0 Å². The fourth-order valence-electron chi connectivity index (χ4n) is 4.40. The Kier molecular flexibility index (Phi) is 6.17. The number of rotatable bonds is 4. The summed E-state index contributed by atoms with van der Waals surface area (Å²) in [5.74, 6) is 0.949. The molecular weight excluding hydrogens is 324 g/mol. The summed E-state index contributed by atoms with van der Waals surface area (Å²) >= 11 is 0. The number of likely N-dealkylation sites (tertiary alicyclic amines) is 1. The number of aliphatic imine (C=N–C) groups is 1. The van der Waals surface area contributed by atoms with E-state index in [0.29, 0.717) is 24.1 Å². The third kappa shape index (κ3) is 4.57. The van der Waals surface area contributed by atoms with Gasteiger partial charge in [0.05, 0.1) is 0 Å². The van der Waals surface area contributed by atoms with Gasteiger partial charge in [-0.15, -0.1) is 0 Å². The minimum Gasteiger partial charge on any atom is -0.354 e. The Balaban J connectivity index is 1.43. The molecule has 5 heteroatoms. The average Bonchev–Trinajstić information content (AvgIpc) is 3.05. The molecule has 0 unspecified atom stereocenters. The molecule has 3 rings (SSSR count). The van der Waals surface area contributed by atoms with E-state index in [4.69, 9.17) is 0 Å². The van der Waals surface area contributed by atoms with Crippen molar-refractivity contribution in [1.29, 1.82) is 0 Å². The molecule has 0 aromatic heterocycles. The maximum atomic E-state index is 12.2. The molecule has 2 fully saturated rings. The number of hydrogen-bond donors (Lipinski definition) is 2. The first-order chi connectivity index (χ1) is 12.6. The molecule has 1 heterocycles. The maximum Gasteiger partial charge on any atom is 0.251 e. The van der Waals surface area contributed by atoms with Gasteiger partial charge in [0.25, 0.3) is 5.91 Å². The maximum absolute atomic E-state index is 12.2. The van der Waals surface area contributed by atoms with Crippen LogP contribution in [0.5, 0.6) is 0 Å². The molecule has 2 aliphatic rings. The van der Waals surface area contributed by atoms with Crippen LogP contribution in [0.4, 0.5) is 0 Å². The van der Waals surface area contributed by atoms with E-state index in [2.05, 4.69) is 20.5 Å². The van der Waals surface area contributed by atoms with Gasteiger partial charge in [-0.25, -0.2) is 0 Å². The Morgan fingerprint density at radius 2 is 1.92 bits per heavy atom. The fourth-order valence-corrected chi connectivity index (χ4v) is 4.40. The molecule has 1 spiro atoms. The Hall–Kier alpha value is -2.04. The van der Waals surface area contributed by atoms with Gasteiger partial charge in [0.2, 0.25) is 0 Å². The summed E-state index contributed by atoms with van der Waals surface area (Å²) in [5.41, 5.74) is 2.34. The van der Waals surface area contributed by atoms with E-state index in [1.165, 1.54) is 38.5 Å². The van der Waals surface area contributed by atoms with E-state index in [-0.39, 0.29) is 5.91 Å². The van der Waals surface area contributed by atoms with Crippen molar-refractivity contribution in [1.82, 2.24) is 15.5 Å². The molecule has 0 radical (unpaired) electrons. The number of nitrogens with one attached hydrogen (secondary N) is 2. The van der Waals surface area contributed by atoms with Crippen molar-refractivity contribution >= 4 is 11.9 Å². The lowest BCUT2D eigenvalue weighted by molar-refractivity contribution is 0.0954. The normalized spacial score (nSPS) is 19.6. The first-order valence-electron chi connectivity index (χ1n) is 9.92. The largest absolute Gasteiger partial charge is 0.354 e. The summed E-state index contributed by atoms with van der Waals surface area (Å²) in [6.07, 6.45) is 8.18. The number of nitrogens with zero attached hydrogens (tertiary/aromatic N) is 2. The zero-order valence-corrected chi connectivity index (χ0v) is 16.2. The molecule has 5 nitrogen and oxygen atoms in total. The smallest absolute Gasteiger partial charge is 0.251 e. The van der Waals surface area contributed by atoms with E-state index in [9.17, 15) is 4.79 Å². The molecule has 1 aromatic rings. The lowest BCUT2D eigenvalue weighted by Crippen LogP contribution is -2.44. The Labute approximate surface area is 157 Å². The van der Waals surface area contributed by atoms with Crippen molar-refractivity contribution in [3.05, 3.63) is 35.4 Å². The number of aryl methyl sites for hydroxylation is 1. The Morgan fingerprint density at radius 3 is 2.65 bits per heavy atom. The van der Waals surface area contributed by atoms with Gasteiger partial charge in [-0.1, -0.05) is 37.0 Å². The summed E-state index contributed by atoms with van der Waals surface area (Å²) in [4.78, 5) is 19.0. The number of benzene rings is 1. The molecule has 1 aliphatic heterocycles. The first-order valence-corrected chi connectivity index (χ1v) is 9.92. The van der Waals surface area contributed by atoms with Gasteiger partial charge >= 0.3 is 0 Å². The second-order valence-electron chi connectivity index (χ2n) is 7.83. The number of carbonyl (C=O) groups excluding carboxylic acids is 1. The van der Waals surface area contributed by atoms with Crippen molar-refractivity contribution in [2.75, 3.05) is 33.2 Å². The zero-order valence-electron chi connectivity index (χ0n) is 16.2.